The molecule has 1 aromatic rings. The van der Waals surface area contributed by atoms with Crippen LogP contribution in [0.5, 0.6) is 0 Å². The van der Waals surface area contributed by atoms with Crippen LogP contribution in [0.25, 0.3) is 0 Å². The van der Waals surface area contributed by atoms with E-state index in [0.29, 0.717) is 29.1 Å². The first-order valence-electron chi connectivity index (χ1n) is 7.08. The van der Waals surface area contributed by atoms with E-state index in [-0.39, 0.29) is 18.7 Å². The van der Waals surface area contributed by atoms with Gasteiger partial charge in [0, 0.05) is 22.6 Å². The molecular weight excluding hydrogens is 311 g/mol. The lowest BCUT2D eigenvalue weighted by atomic mass is 9.92. The van der Waals surface area contributed by atoms with E-state index in [9.17, 15) is 4.79 Å². The number of hydrogen-bond donors (Lipinski definition) is 1. The molecule has 2 atom stereocenters. The van der Waals surface area contributed by atoms with E-state index in [1.165, 1.54) is 0 Å². The molecule has 0 bridgehead atoms. The zero-order valence-electron chi connectivity index (χ0n) is 12.0. The van der Waals surface area contributed by atoms with Crippen LogP contribution >= 0.6 is 23.2 Å². The van der Waals surface area contributed by atoms with Crippen molar-refractivity contribution in [2.45, 2.75) is 32.4 Å². The summed E-state index contributed by atoms with van der Waals surface area (Å²) in [7, 11) is 0. The van der Waals surface area contributed by atoms with Crippen LogP contribution in [-0.4, -0.2) is 30.1 Å². The molecule has 21 heavy (non-hydrogen) atoms. The Morgan fingerprint density at radius 1 is 1.38 bits per heavy atom. The minimum atomic E-state index is -0.297. The van der Waals surface area contributed by atoms with E-state index in [0.717, 1.165) is 18.4 Å². The van der Waals surface area contributed by atoms with Gasteiger partial charge in [-0.1, -0.05) is 23.2 Å². The lowest BCUT2D eigenvalue weighted by Crippen LogP contribution is -2.46. The second-order valence-electron chi connectivity index (χ2n) is 5.50. The second kappa shape index (κ2) is 7.34. The van der Waals surface area contributed by atoms with Gasteiger partial charge in [0.15, 0.2) is 0 Å². The zero-order chi connectivity index (χ0) is 15.4. The van der Waals surface area contributed by atoms with Crippen LogP contribution in [0.1, 0.15) is 25.3 Å². The first-order chi connectivity index (χ1) is 9.99. The first-order valence-corrected chi connectivity index (χ1v) is 7.83. The molecule has 0 aliphatic carbocycles. The van der Waals surface area contributed by atoms with Gasteiger partial charge in [0.2, 0.25) is 0 Å². The predicted octanol–water partition coefficient (Wildman–Crippen LogP) is 3.69. The summed E-state index contributed by atoms with van der Waals surface area (Å²) < 4.78 is 5.36. The molecule has 2 rings (SSSR count). The van der Waals surface area contributed by atoms with Crippen LogP contribution < -0.4 is 5.73 Å². The van der Waals surface area contributed by atoms with Crippen molar-refractivity contribution in [3.05, 3.63) is 33.8 Å². The summed E-state index contributed by atoms with van der Waals surface area (Å²) in [6.07, 6.45) is 1.56. The molecule has 1 amide bonds. The predicted molar refractivity (Wildman–Crippen MR) is 84.6 cm³/mol. The van der Waals surface area contributed by atoms with Gasteiger partial charge in [-0.05, 0) is 56.0 Å². The third-order valence-electron chi connectivity index (χ3n) is 3.84. The number of ether oxygens (including phenoxy) is 1. The molecule has 1 aliphatic heterocycles. The van der Waals surface area contributed by atoms with Gasteiger partial charge in [-0.2, -0.15) is 0 Å². The molecule has 6 heteroatoms. The third kappa shape index (κ3) is 4.50. The van der Waals surface area contributed by atoms with Gasteiger partial charge in [-0.3, -0.25) is 0 Å². The molecule has 4 nitrogen and oxygen atoms in total. The molecule has 1 fully saturated rings. The summed E-state index contributed by atoms with van der Waals surface area (Å²) in [5, 5.41) is 1.07. The fourth-order valence-electron chi connectivity index (χ4n) is 2.68. The molecule has 116 valence electrons. The average Bonchev–Trinajstić information content (AvgIpc) is 2.43. The Kier molecular flexibility index (Phi) is 5.73. The number of carbonyl (C=O) groups is 1. The Morgan fingerprint density at radius 3 is 2.62 bits per heavy atom. The summed E-state index contributed by atoms with van der Waals surface area (Å²) in [5.74, 6) is 0.496. The molecule has 2 N–H and O–H groups in total. The number of likely N-dealkylation sites (tertiary alicyclic amines) is 1. The topological polar surface area (TPSA) is 55.6 Å². The van der Waals surface area contributed by atoms with Gasteiger partial charge in [-0.25, -0.2) is 4.79 Å². The Morgan fingerprint density at radius 2 is 2.05 bits per heavy atom. The smallest absolute Gasteiger partial charge is 0.410 e. The summed E-state index contributed by atoms with van der Waals surface area (Å²) in [6.45, 7) is 3.56. The number of rotatable bonds is 3. The van der Waals surface area contributed by atoms with E-state index in [1.54, 1.807) is 23.1 Å². The van der Waals surface area contributed by atoms with Gasteiger partial charge in [0.1, 0.15) is 6.61 Å². The van der Waals surface area contributed by atoms with Crippen LogP contribution in [0, 0.1) is 5.92 Å². The molecule has 0 unspecified atom stereocenters. The summed E-state index contributed by atoms with van der Waals surface area (Å²) in [6, 6.07) is 5.28. The van der Waals surface area contributed by atoms with Crippen LogP contribution in [0.2, 0.25) is 10.0 Å². The molecule has 1 aromatic carbocycles. The third-order valence-corrected chi connectivity index (χ3v) is 4.27. The molecule has 0 spiro atoms. The summed E-state index contributed by atoms with van der Waals surface area (Å²) in [4.78, 5) is 13.9. The quantitative estimate of drug-likeness (QED) is 0.919. The summed E-state index contributed by atoms with van der Waals surface area (Å²) >= 11 is 11.8. The van der Waals surface area contributed by atoms with Crippen molar-refractivity contribution in [3.63, 3.8) is 0 Å². The van der Waals surface area contributed by atoms with Gasteiger partial charge < -0.3 is 15.4 Å². The highest BCUT2D eigenvalue weighted by molar-refractivity contribution is 6.34. The van der Waals surface area contributed by atoms with Crippen molar-refractivity contribution < 1.29 is 9.53 Å². The number of amides is 1. The number of carbonyl (C=O) groups excluding carboxylic acids is 1. The van der Waals surface area contributed by atoms with E-state index >= 15 is 0 Å². The molecule has 1 aliphatic rings. The van der Waals surface area contributed by atoms with Crippen LogP contribution in [0.3, 0.4) is 0 Å². The average molecular weight is 331 g/mol. The largest absolute Gasteiger partial charge is 0.445 e. The molecule has 0 aromatic heterocycles. The van der Waals surface area contributed by atoms with Crippen molar-refractivity contribution in [1.29, 1.82) is 0 Å². The van der Waals surface area contributed by atoms with Crippen LogP contribution in [-0.2, 0) is 11.3 Å². The highest BCUT2D eigenvalue weighted by atomic mass is 35.5. The number of benzene rings is 1. The van der Waals surface area contributed by atoms with Crippen molar-refractivity contribution in [2.24, 2.45) is 11.7 Å². The zero-order valence-corrected chi connectivity index (χ0v) is 13.5. The van der Waals surface area contributed by atoms with Gasteiger partial charge >= 0.3 is 6.09 Å². The Hall–Kier alpha value is -0.970. The Labute approximate surface area is 135 Å². The highest BCUT2D eigenvalue weighted by Crippen LogP contribution is 2.23. The number of nitrogens with zero attached hydrogens (tertiary/aromatic N) is 1. The fraction of sp³-hybridized carbons (Fsp3) is 0.533. The van der Waals surface area contributed by atoms with Crippen molar-refractivity contribution in [3.8, 4) is 0 Å². The second-order valence-corrected chi connectivity index (χ2v) is 6.37. The molecular formula is C15H20Cl2N2O2. The maximum Gasteiger partial charge on any atom is 0.410 e. The number of piperidine rings is 1. The maximum atomic E-state index is 12.2. The number of halogens is 2. The van der Waals surface area contributed by atoms with Crippen molar-refractivity contribution >= 4 is 29.3 Å². The molecule has 1 heterocycles. The molecule has 0 radical (unpaired) electrons. The van der Waals surface area contributed by atoms with Gasteiger partial charge in [-0.15, -0.1) is 0 Å². The number of hydrogen-bond acceptors (Lipinski definition) is 3. The van der Waals surface area contributed by atoms with Gasteiger partial charge in [0.25, 0.3) is 0 Å². The highest BCUT2D eigenvalue weighted by Gasteiger charge is 2.29. The standard InChI is InChI=1S/C15H20Cl2N2O2/c1-10-4-11(8-18)2-3-19(10)15(20)21-9-12-5-13(16)7-14(17)6-12/h5-7,10-11H,2-4,8-9,18H2,1H3/t10-,11-/m0/s1. The lowest BCUT2D eigenvalue weighted by molar-refractivity contribution is 0.0625. The van der Waals surface area contributed by atoms with E-state index in [1.807, 2.05) is 6.92 Å². The minimum absolute atomic E-state index is 0.155. The number of nitrogens with two attached hydrogens (primary N) is 1. The Bertz CT molecular complexity index is 490. The van der Waals surface area contributed by atoms with Crippen molar-refractivity contribution in [1.82, 2.24) is 4.90 Å². The maximum absolute atomic E-state index is 12.2. The van der Waals surface area contributed by atoms with E-state index in [2.05, 4.69) is 0 Å². The van der Waals surface area contributed by atoms with Gasteiger partial charge in [0.05, 0.1) is 0 Å². The fourth-order valence-corrected chi connectivity index (χ4v) is 3.25. The Balaban J connectivity index is 1.90. The normalized spacial score (nSPS) is 22.2. The van der Waals surface area contributed by atoms with Crippen LogP contribution in [0.4, 0.5) is 4.79 Å². The van der Waals surface area contributed by atoms with Crippen molar-refractivity contribution in [2.75, 3.05) is 13.1 Å². The first kappa shape index (κ1) is 16.4. The monoisotopic (exact) mass is 330 g/mol. The lowest BCUT2D eigenvalue weighted by Gasteiger charge is -2.36. The van der Waals surface area contributed by atoms with Crippen LogP contribution in [0.15, 0.2) is 18.2 Å². The molecule has 1 saturated heterocycles. The SMILES string of the molecule is C[C@H]1C[C@@H](CN)CCN1C(=O)OCc1cc(Cl)cc(Cl)c1. The minimum Gasteiger partial charge on any atom is -0.445 e. The van der Waals surface area contributed by atoms with E-state index < -0.39 is 0 Å². The molecule has 0 saturated carbocycles. The summed E-state index contributed by atoms with van der Waals surface area (Å²) in [5.41, 5.74) is 6.47. The van der Waals surface area contributed by atoms with E-state index in [4.69, 9.17) is 33.7 Å².